The fourth-order valence-electron chi connectivity index (χ4n) is 3.07. The number of rotatable bonds is 5. The molecule has 1 spiro atoms. The Balaban J connectivity index is 1.44. The van der Waals surface area contributed by atoms with Gasteiger partial charge in [-0.05, 0) is 6.42 Å². The van der Waals surface area contributed by atoms with Crippen molar-refractivity contribution in [2.24, 2.45) is 0 Å². The van der Waals surface area contributed by atoms with Crippen LogP contribution in [0.3, 0.4) is 0 Å². The molecule has 2 saturated heterocycles. The van der Waals surface area contributed by atoms with Crippen molar-refractivity contribution in [3.05, 3.63) is 16.6 Å². The van der Waals surface area contributed by atoms with E-state index in [2.05, 4.69) is 9.88 Å². The number of likely N-dealkylation sites (tertiary alicyclic amines) is 1. The lowest BCUT2D eigenvalue weighted by atomic mass is 9.85. The van der Waals surface area contributed by atoms with Crippen molar-refractivity contribution in [1.29, 1.82) is 0 Å². The second kappa shape index (κ2) is 6.62. The van der Waals surface area contributed by atoms with Gasteiger partial charge in [0.2, 0.25) is 5.91 Å². The van der Waals surface area contributed by atoms with Crippen LogP contribution in [0.25, 0.3) is 0 Å². The second-order valence-electron chi connectivity index (χ2n) is 6.32. The van der Waals surface area contributed by atoms with Gasteiger partial charge in [-0.2, -0.15) is 0 Å². The highest BCUT2D eigenvalue weighted by atomic mass is 32.1. The van der Waals surface area contributed by atoms with E-state index < -0.39 is 0 Å². The molecule has 3 heterocycles. The van der Waals surface area contributed by atoms with Crippen LogP contribution in [0.1, 0.15) is 17.8 Å². The first-order chi connectivity index (χ1) is 10.6. The van der Waals surface area contributed by atoms with Gasteiger partial charge in [-0.1, -0.05) is 0 Å². The van der Waals surface area contributed by atoms with Gasteiger partial charge in [0.1, 0.15) is 11.6 Å². The summed E-state index contributed by atoms with van der Waals surface area (Å²) in [6, 6.07) is 0. The van der Waals surface area contributed by atoms with E-state index in [1.807, 2.05) is 11.6 Å². The van der Waals surface area contributed by atoms with Crippen molar-refractivity contribution in [3.63, 3.8) is 0 Å². The molecule has 2 aliphatic rings. The van der Waals surface area contributed by atoms with Crippen LogP contribution in [0.2, 0.25) is 0 Å². The van der Waals surface area contributed by atoms with Crippen molar-refractivity contribution in [1.82, 2.24) is 14.8 Å². The van der Waals surface area contributed by atoms with Crippen LogP contribution >= 0.6 is 11.3 Å². The first kappa shape index (κ1) is 15.9. The largest absolute Gasteiger partial charge is 0.372 e. The summed E-state index contributed by atoms with van der Waals surface area (Å²) in [5.74, 6) is 0.0135. The van der Waals surface area contributed by atoms with Gasteiger partial charge in [0.15, 0.2) is 0 Å². The number of likely N-dealkylation sites (N-methyl/N-ethyl adjacent to an activating group) is 1. The maximum Gasteiger partial charge on any atom is 0.248 e. The summed E-state index contributed by atoms with van der Waals surface area (Å²) in [5, 5.41) is 3.16. The van der Waals surface area contributed by atoms with Crippen molar-refractivity contribution in [2.75, 3.05) is 40.4 Å². The number of amides is 1. The van der Waals surface area contributed by atoms with E-state index in [1.165, 1.54) is 0 Å². The third-order valence-electron chi connectivity index (χ3n) is 4.25. The molecule has 1 atom stereocenters. The molecule has 0 N–H and O–H groups in total. The zero-order valence-corrected chi connectivity index (χ0v) is 14.0. The molecule has 7 heteroatoms. The molecule has 3 rings (SSSR count). The quantitative estimate of drug-likeness (QED) is 0.808. The Labute approximate surface area is 135 Å². The molecule has 2 fully saturated rings. The van der Waals surface area contributed by atoms with E-state index in [4.69, 9.17) is 9.47 Å². The fraction of sp³-hybridized carbons (Fsp3) is 0.733. The van der Waals surface area contributed by atoms with Crippen LogP contribution in [0.4, 0.5) is 0 Å². The van der Waals surface area contributed by atoms with Crippen LogP contribution in [-0.2, 0) is 20.8 Å². The minimum atomic E-state index is -0.0820. The van der Waals surface area contributed by atoms with Crippen LogP contribution < -0.4 is 0 Å². The Hall–Kier alpha value is -1.02. The lowest BCUT2D eigenvalue weighted by Gasteiger charge is -2.53. The number of hydrogen-bond donors (Lipinski definition) is 0. The highest BCUT2D eigenvalue weighted by molar-refractivity contribution is 7.09. The summed E-state index contributed by atoms with van der Waals surface area (Å²) in [5.41, 5.74) is -0.0820. The number of carbonyl (C=O) groups excluding carboxylic acids is 1. The van der Waals surface area contributed by atoms with E-state index in [9.17, 15) is 4.79 Å². The summed E-state index contributed by atoms with van der Waals surface area (Å²) in [7, 11) is 3.50. The maximum absolute atomic E-state index is 11.6. The average molecular weight is 325 g/mol. The number of aromatic nitrogens is 1. The Bertz CT molecular complexity index is 500. The van der Waals surface area contributed by atoms with Gasteiger partial charge in [-0.3, -0.25) is 9.69 Å². The normalized spacial score (nSPS) is 24.2. The third kappa shape index (κ3) is 3.65. The summed E-state index contributed by atoms with van der Waals surface area (Å²) in [6.07, 6.45) is 3.72. The van der Waals surface area contributed by atoms with E-state index in [0.29, 0.717) is 6.61 Å². The van der Waals surface area contributed by atoms with Gasteiger partial charge in [-0.25, -0.2) is 4.98 Å². The summed E-state index contributed by atoms with van der Waals surface area (Å²) < 4.78 is 11.8. The minimum Gasteiger partial charge on any atom is -0.372 e. The summed E-state index contributed by atoms with van der Waals surface area (Å²) in [6.45, 7) is 3.62. The molecule has 0 aliphatic carbocycles. The number of ether oxygens (including phenoxy) is 2. The zero-order valence-electron chi connectivity index (χ0n) is 13.2. The molecule has 0 bridgehead atoms. The minimum absolute atomic E-state index is 0.0135. The highest BCUT2D eigenvalue weighted by Crippen LogP contribution is 2.36. The van der Waals surface area contributed by atoms with E-state index in [1.54, 1.807) is 30.3 Å². The molecule has 0 aromatic carbocycles. The fourth-order valence-corrected chi connectivity index (χ4v) is 3.72. The van der Waals surface area contributed by atoms with E-state index in [0.717, 1.165) is 37.5 Å². The highest BCUT2D eigenvalue weighted by Gasteiger charge is 2.47. The monoisotopic (exact) mass is 325 g/mol. The average Bonchev–Trinajstić information content (AvgIpc) is 2.96. The van der Waals surface area contributed by atoms with E-state index in [-0.39, 0.29) is 24.2 Å². The molecule has 1 amide bonds. The predicted molar refractivity (Wildman–Crippen MR) is 83.7 cm³/mol. The van der Waals surface area contributed by atoms with Crippen LogP contribution in [0.15, 0.2) is 11.6 Å². The van der Waals surface area contributed by atoms with Crippen molar-refractivity contribution < 1.29 is 14.3 Å². The van der Waals surface area contributed by atoms with Crippen molar-refractivity contribution in [2.45, 2.75) is 31.1 Å². The molecule has 0 radical (unpaired) electrons. The zero-order chi connectivity index (χ0) is 15.6. The molecule has 0 saturated carbocycles. The lowest BCUT2D eigenvalue weighted by Crippen LogP contribution is -2.65. The topological polar surface area (TPSA) is 54.9 Å². The Kier molecular flexibility index (Phi) is 4.77. The third-order valence-corrected chi connectivity index (χ3v) is 5.02. The smallest absolute Gasteiger partial charge is 0.248 e. The van der Waals surface area contributed by atoms with E-state index >= 15 is 0 Å². The molecule has 122 valence electrons. The lowest BCUT2D eigenvalue weighted by molar-refractivity contribution is -0.200. The van der Waals surface area contributed by atoms with Gasteiger partial charge in [0, 0.05) is 51.8 Å². The van der Waals surface area contributed by atoms with Crippen molar-refractivity contribution >= 4 is 17.2 Å². The molecular formula is C15H23N3O3S. The van der Waals surface area contributed by atoms with Gasteiger partial charge in [0.25, 0.3) is 0 Å². The van der Waals surface area contributed by atoms with Gasteiger partial charge < -0.3 is 14.4 Å². The van der Waals surface area contributed by atoms with Crippen LogP contribution in [0, 0.1) is 0 Å². The maximum atomic E-state index is 11.6. The number of nitrogens with zero attached hydrogens (tertiary/aromatic N) is 3. The Morgan fingerprint density at radius 2 is 2.41 bits per heavy atom. The summed E-state index contributed by atoms with van der Waals surface area (Å²) >= 11 is 1.69. The molecule has 1 aromatic rings. The standard InChI is InChI=1S/C15H23N3O3S/c1-17(2)14(19)9-20-12-3-5-21-15(7-12)10-18(11-15)8-13-16-4-6-22-13/h4,6,12H,3,5,7-11H2,1-2H3/t12-/m1/s1. The van der Waals surface area contributed by atoms with Gasteiger partial charge in [-0.15, -0.1) is 11.3 Å². The number of thiazole rings is 1. The summed E-state index contributed by atoms with van der Waals surface area (Å²) in [4.78, 5) is 19.9. The molecular weight excluding hydrogens is 302 g/mol. The Morgan fingerprint density at radius 3 is 3.09 bits per heavy atom. The molecule has 22 heavy (non-hydrogen) atoms. The van der Waals surface area contributed by atoms with Crippen LogP contribution in [0.5, 0.6) is 0 Å². The number of carbonyl (C=O) groups is 1. The van der Waals surface area contributed by atoms with Gasteiger partial charge >= 0.3 is 0 Å². The molecule has 1 aromatic heterocycles. The molecule has 2 aliphatic heterocycles. The second-order valence-corrected chi connectivity index (χ2v) is 7.30. The first-order valence-corrected chi connectivity index (χ1v) is 8.51. The molecule has 6 nitrogen and oxygen atoms in total. The Morgan fingerprint density at radius 1 is 1.59 bits per heavy atom. The van der Waals surface area contributed by atoms with Crippen molar-refractivity contribution in [3.8, 4) is 0 Å². The predicted octanol–water partition coefficient (Wildman–Crippen LogP) is 0.981. The SMILES string of the molecule is CN(C)C(=O)CO[C@@H]1CCOC2(C1)CN(Cc1nccs1)C2. The first-order valence-electron chi connectivity index (χ1n) is 7.63. The van der Waals surface area contributed by atoms with Crippen LogP contribution in [-0.4, -0.2) is 72.8 Å². The molecule has 0 unspecified atom stereocenters. The number of hydrogen-bond acceptors (Lipinski definition) is 6. The van der Waals surface area contributed by atoms with Gasteiger partial charge in [0.05, 0.1) is 18.2 Å².